The number of anilines is 2. The zero-order valence-electron chi connectivity index (χ0n) is 11.5. The van der Waals surface area contributed by atoms with Crippen molar-refractivity contribution in [3.05, 3.63) is 23.8 Å². The van der Waals surface area contributed by atoms with E-state index in [0.29, 0.717) is 30.1 Å². The van der Waals surface area contributed by atoms with Crippen LogP contribution < -0.4 is 15.8 Å². The van der Waals surface area contributed by atoms with Crippen molar-refractivity contribution in [3.8, 4) is 0 Å². The maximum absolute atomic E-state index is 11.6. The van der Waals surface area contributed by atoms with Crippen molar-refractivity contribution in [2.75, 3.05) is 37.0 Å². The van der Waals surface area contributed by atoms with E-state index in [1.807, 2.05) is 0 Å². The largest absolute Gasteiger partial charge is 0.462 e. The first-order valence-corrected chi connectivity index (χ1v) is 7.97. The zero-order valence-corrected chi connectivity index (χ0v) is 12.3. The lowest BCUT2D eigenvalue weighted by molar-refractivity contribution is 0.0526. The van der Waals surface area contributed by atoms with Gasteiger partial charge in [-0.15, -0.1) is 0 Å². The molecule has 0 spiro atoms. The molecule has 0 aliphatic heterocycles. The number of hydrogen-bond donors (Lipinski definition) is 3. The van der Waals surface area contributed by atoms with Crippen LogP contribution in [0.5, 0.6) is 0 Å². The van der Waals surface area contributed by atoms with Crippen LogP contribution in [0.1, 0.15) is 17.3 Å². The molecule has 0 amide bonds. The highest BCUT2D eigenvalue weighted by molar-refractivity contribution is 7.88. The van der Waals surface area contributed by atoms with Crippen LogP contribution in [0, 0.1) is 0 Å². The lowest BCUT2D eigenvalue weighted by Crippen LogP contribution is -2.27. The van der Waals surface area contributed by atoms with Gasteiger partial charge in [0.15, 0.2) is 0 Å². The molecule has 0 radical (unpaired) electrons. The molecule has 7 nitrogen and oxygen atoms in total. The lowest BCUT2D eigenvalue weighted by atomic mass is 10.1. The standard InChI is InChI=1S/C12H19N3O4S/c1-3-19-12(16)9-4-5-10(13)11(8-9)14-6-7-15-20(2,17)18/h4-5,8,14-15H,3,6-7,13H2,1-2H3. The van der Waals surface area contributed by atoms with E-state index in [2.05, 4.69) is 10.0 Å². The van der Waals surface area contributed by atoms with Gasteiger partial charge in [0.05, 0.1) is 29.8 Å². The normalized spacial score (nSPS) is 11.1. The molecule has 0 bridgehead atoms. The number of nitrogens with two attached hydrogens (primary N) is 1. The van der Waals surface area contributed by atoms with Crippen molar-refractivity contribution < 1.29 is 17.9 Å². The number of rotatable bonds is 7. The summed E-state index contributed by atoms with van der Waals surface area (Å²) in [5.41, 5.74) is 7.20. The quantitative estimate of drug-likeness (QED) is 0.382. The molecule has 1 rings (SSSR count). The molecule has 0 saturated heterocycles. The molecule has 0 unspecified atom stereocenters. The molecule has 4 N–H and O–H groups in total. The summed E-state index contributed by atoms with van der Waals surface area (Å²) < 4.78 is 29.0. The maximum Gasteiger partial charge on any atom is 0.338 e. The second kappa shape index (κ2) is 7.11. The molecule has 0 saturated carbocycles. The van der Waals surface area contributed by atoms with Crippen molar-refractivity contribution in [1.29, 1.82) is 0 Å². The summed E-state index contributed by atoms with van der Waals surface area (Å²) >= 11 is 0. The molecule has 0 heterocycles. The Kier molecular flexibility index (Phi) is 5.78. The summed E-state index contributed by atoms with van der Waals surface area (Å²) in [5, 5.41) is 2.96. The SMILES string of the molecule is CCOC(=O)c1ccc(N)c(NCCNS(C)(=O)=O)c1. The third kappa shape index (κ3) is 5.45. The Bertz CT molecular complexity index is 572. The molecule has 1 aromatic rings. The number of esters is 1. The number of carbonyl (C=O) groups excluding carboxylic acids is 1. The Morgan fingerprint density at radius 2 is 2.05 bits per heavy atom. The van der Waals surface area contributed by atoms with E-state index >= 15 is 0 Å². The fourth-order valence-electron chi connectivity index (χ4n) is 1.48. The fourth-order valence-corrected chi connectivity index (χ4v) is 1.96. The van der Waals surface area contributed by atoms with E-state index in [1.165, 1.54) is 0 Å². The van der Waals surface area contributed by atoms with Crippen LogP contribution in [0.3, 0.4) is 0 Å². The smallest absolute Gasteiger partial charge is 0.338 e. The Morgan fingerprint density at radius 1 is 1.35 bits per heavy atom. The second-order valence-electron chi connectivity index (χ2n) is 4.12. The van der Waals surface area contributed by atoms with Gasteiger partial charge in [-0.1, -0.05) is 0 Å². The Labute approximate surface area is 118 Å². The second-order valence-corrected chi connectivity index (χ2v) is 5.95. The molecule has 0 aromatic heterocycles. The predicted molar refractivity (Wildman–Crippen MR) is 78.1 cm³/mol. The number of benzene rings is 1. The topological polar surface area (TPSA) is 111 Å². The number of nitrogens with one attached hydrogen (secondary N) is 2. The van der Waals surface area contributed by atoms with Gasteiger partial charge >= 0.3 is 5.97 Å². The van der Waals surface area contributed by atoms with Gasteiger partial charge in [0.1, 0.15) is 0 Å². The monoisotopic (exact) mass is 301 g/mol. The van der Waals surface area contributed by atoms with Crippen LogP contribution in [0.4, 0.5) is 11.4 Å². The van der Waals surface area contributed by atoms with Gasteiger partial charge < -0.3 is 15.8 Å². The van der Waals surface area contributed by atoms with E-state index in [0.717, 1.165) is 6.26 Å². The Morgan fingerprint density at radius 3 is 2.65 bits per heavy atom. The molecule has 8 heteroatoms. The molecule has 0 aliphatic rings. The predicted octanol–water partition coefficient (Wildman–Crippen LogP) is 0.407. The maximum atomic E-state index is 11.6. The molecular weight excluding hydrogens is 282 g/mol. The minimum Gasteiger partial charge on any atom is -0.462 e. The summed E-state index contributed by atoms with van der Waals surface area (Å²) in [6, 6.07) is 4.75. The highest BCUT2D eigenvalue weighted by atomic mass is 32.2. The average molecular weight is 301 g/mol. The van der Waals surface area contributed by atoms with Crippen LogP contribution >= 0.6 is 0 Å². The van der Waals surface area contributed by atoms with Gasteiger partial charge in [0, 0.05) is 13.1 Å². The number of ether oxygens (including phenoxy) is 1. The van der Waals surface area contributed by atoms with Crippen molar-refractivity contribution in [3.63, 3.8) is 0 Å². The van der Waals surface area contributed by atoms with E-state index in [9.17, 15) is 13.2 Å². The number of nitrogen functional groups attached to an aromatic ring is 1. The average Bonchev–Trinajstić information content (AvgIpc) is 2.35. The van der Waals surface area contributed by atoms with Gasteiger partial charge in [-0.2, -0.15) is 0 Å². The van der Waals surface area contributed by atoms with Crippen LogP contribution in [0.15, 0.2) is 18.2 Å². The van der Waals surface area contributed by atoms with Crippen molar-refractivity contribution in [1.82, 2.24) is 4.72 Å². The number of sulfonamides is 1. The summed E-state index contributed by atoms with van der Waals surface area (Å²) in [6.45, 7) is 2.60. The summed E-state index contributed by atoms with van der Waals surface area (Å²) in [6.07, 6.45) is 1.09. The van der Waals surface area contributed by atoms with Crippen LogP contribution in [-0.4, -0.2) is 40.3 Å². The van der Waals surface area contributed by atoms with Gasteiger partial charge in [0.25, 0.3) is 0 Å². The first-order valence-electron chi connectivity index (χ1n) is 6.08. The molecular formula is C12H19N3O4S. The van der Waals surface area contributed by atoms with Crippen LogP contribution in [0.2, 0.25) is 0 Å². The molecule has 112 valence electrons. The molecule has 20 heavy (non-hydrogen) atoms. The van der Waals surface area contributed by atoms with E-state index in [-0.39, 0.29) is 6.54 Å². The third-order valence-corrected chi connectivity index (χ3v) is 3.10. The molecule has 0 aliphatic carbocycles. The van der Waals surface area contributed by atoms with E-state index < -0.39 is 16.0 Å². The highest BCUT2D eigenvalue weighted by Gasteiger charge is 2.09. The fraction of sp³-hybridized carbons (Fsp3) is 0.417. The van der Waals surface area contributed by atoms with E-state index in [1.54, 1.807) is 25.1 Å². The Balaban J connectivity index is 2.65. The number of hydrogen-bond acceptors (Lipinski definition) is 6. The lowest BCUT2D eigenvalue weighted by Gasteiger charge is -2.11. The molecule has 1 aromatic carbocycles. The highest BCUT2D eigenvalue weighted by Crippen LogP contribution is 2.20. The van der Waals surface area contributed by atoms with Gasteiger partial charge in [-0.25, -0.2) is 17.9 Å². The number of carbonyl (C=O) groups is 1. The van der Waals surface area contributed by atoms with Gasteiger partial charge in [-0.05, 0) is 25.1 Å². The van der Waals surface area contributed by atoms with Crippen molar-refractivity contribution >= 4 is 27.4 Å². The van der Waals surface area contributed by atoms with Gasteiger partial charge in [-0.3, -0.25) is 0 Å². The van der Waals surface area contributed by atoms with Crippen molar-refractivity contribution in [2.24, 2.45) is 0 Å². The van der Waals surface area contributed by atoms with Crippen molar-refractivity contribution in [2.45, 2.75) is 6.92 Å². The first kappa shape index (κ1) is 16.3. The molecule has 0 fully saturated rings. The molecule has 0 atom stereocenters. The third-order valence-electron chi connectivity index (χ3n) is 2.37. The summed E-state index contributed by atoms with van der Waals surface area (Å²) in [5.74, 6) is -0.426. The first-order chi connectivity index (χ1) is 9.33. The minimum atomic E-state index is -3.21. The van der Waals surface area contributed by atoms with Crippen LogP contribution in [0.25, 0.3) is 0 Å². The minimum absolute atomic E-state index is 0.224. The Hall–Kier alpha value is -1.80. The summed E-state index contributed by atoms with van der Waals surface area (Å²) in [4.78, 5) is 11.6. The summed E-state index contributed by atoms with van der Waals surface area (Å²) in [7, 11) is -3.21. The van der Waals surface area contributed by atoms with E-state index in [4.69, 9.17) is 10.5 Å². The van der Waals surface area contributed by atoms with Gasteiger partial charge in [0.2, 0.25) is 10.0 Å². The zero-order chi connectivity index (χ0) is 15.2. The van der Waals surface area contributed by atoms with Crippen LogP contribution in [-0.2, 0) is 14.8 Å².